The average Bonchev–Trinajstić information content (AvgIpc) is 2.62. The maximum atomic E-state index is 11.3. The van der Waals surface area contributed by atoms with Crippen LogP contribution in [0, 0.1) is 10.1 Å². The first-order valence-electron chi connectivity index (χ1n) is 7.61. The number of benzene rings is 1. The molecule has 2 aromatic rings. The fourth-order valence-corrected chi connectivity index (χ4v) is 2.86. The SMILES string of the molecule is NC(=O)c1ccc(N2CCN(c3cccc[nH+]3)CC2)c([N+](=O)[O-])c1. The van der Waals surface area contributed by atoms with Gasteiger partial charge in [-0.25, -0.2) is 4.98 Å². The number of aromatic amines is 1. The lowest BCUT2D eigenvalue weighted by molar-refractivity contribution is -0.384. The first-order valence-corrected chi connectivity index (χ1v) is 7.61. The largest absolute Gasteiger partial charge is 0.366 e. The molecule has 1 aliphatic heterocycles. The number of hydrogen-bond acceptors (Lipinski definition) is 5. The smallest absolute Gasteiger partial charge is 0.293 e. The van der Waals surface area contributed by atoms with Crippen LogP contribution in [-0.4, -0.2) is 37.0 Å². The zero-order valence-corrected chi connectivity index (χ0v) is 13.0. The number of nitrogens with one attached hydrogen (secondary N) is 1. The molecule has 3 rings (SSSR count). The zero-order chi connectivity index (χ0) is 17.1. The Balaban J connectivity index is 1.79. The lowest BCUT2D eigenvalue weighted by Crippen LogP contribution is -2.48. The molecule has 1 fully saturated rings. The van der Waals surface area contributed by atoms with E-state index in [1.165, 1.54) is 12.1 Å². The summed E-state index contributed by atoms with van der Waals surface area (Å²) in [6.45, 7) is 2.80. The van der Waals surface area contributed by atoms with Gasteiger partial charge in [-0.05, 0) is 18.2 Å². The fraction of sp³-hybridized carbons (Fsp3) is 0.250. The number of aromatic nitrogens is 1. The molecule has 124 valence electrons. The summed E-state index contributed by atoms with van der Waals surface area (Å²) in [6.07, 6.45) is 1.87. The number of nitro benzene ring substituents is 1. The topological polar surface area (TPSA) is 107 Å². The van der Waals surface area contributed by atoms with Gasteiger partial charge in [0, 0.05) is 17.7 Å². The number of nitrogens with zero attached hydrogens (tertiary/aromatic N) is 3. The van der Waals surface area contributed by atoms with Crippen molar-refractivity contribution < 1.29 is 14.7 Å². The first-order chi connectivity index (χ1) is 11.6. The second-order valence-corrected chi connectivity index (χ2v) is 5.55. The van der Waals surface area contributed by atoms with Gasteiger partial charge in [0.05, 0.1) is 24.2 Å². The van der Waals surface area contributed by atoms with Crippen molar-refractivity contribution in [2.75, 3.05) is 36.0 Å². The van der Waals surface area contributed by atoms with Crippen molar-refractivity contribution in [1.82, 2.24) is 0 Å². The molecule has 0 spiro atoms. The number of primary amides is 1. The molecule has 1 aliphatic rings. The molecule has 0 aliphatic carbocycles. The number of pyridine rings is 1. The van der Waals surface area contributed by atoms with Crippen molar-refractivity contribution >= 4 is 23.1 Å². The molecule has 0 radical (unpaired) electrons. The van der Waals surface area contributed by atoms with Gasteiger partial charge in [-0.1, -0.05) is 6.07 Å². The van der Waals surface area contributed by atoms with Gasteiger partial charge in [-0.2, -0.15) is 0 Å². The highest BCUT2D eigenvalue weighted by Gasteiger charge is 2.27. The summed E-state index contributed by atoms with van der Waals surface area (Å²) in [5, 5.41) is 11.3. The molecule has 0 saturated carbocycles. The van der Waals surface area contributed by atoms with Gasteiger partial charge >= 0.3 is 0 Å². The van der Waals surface area contributed by atoms with Gasteiger partial charge in [0.25, 0.3) is 11.5 Å². The normalized spacial score (nSPS) is 14.5. The van der Waals surface area contributed by atoms with Crippen molar-refractivity contribution in [2.45, 2.75) is 0 Å². The molecule has 24 heavy (non-hydrogen) atoms. The predicted octanol–water partition coefficient (Wildman–Crippen LogP) is 0.834. The zero-order valence-electron chi connectivity index (χ0n) is 13.0. The van der Waals surface area contributed by atoms with E-state index >= 15 is 0 Å². The second-order valence-electron chi connectivity index (χ2n) is 5.55. The lowest BCUT2D eigenvalue weighted by Gasteiger charge is -2.32. The lowest BCUT2D eigenvalue weighted by atomic mass is 10.1. The standard InChI is InChI=1S/C16H17N5O3/c17-16(22)12-4-5-13(14(11-12)21(23)24)19-7-9-20(10-8-19)15-3-1-2-6-18-15/h1-6,11H,7-10H2,(H2,17,22)/p+1. The van der Waals surface area contributed by atoms with Gasteiger partial charge < -0.3 is 10.6 Å². The summed E-state index contributed by atoms with van der Waals surface area (Å²) in [6, 6.07) is 10.3. The number of nitrogens with two attached hydrogens (primary N) is 1. The Morgan fingerprint density at radius 1 is 1.12 bits per heavy atom. The molecule has 8 nitrogen and oxygen atoms in total. The summed E-state index contributed by atoms with van der Waals surface area (Å²) in [4.78, 5) is 29.4. The highest BCUT2D eigenvalue weighted by molar-refractivity contribution is 5.94. The minimum Gasteiger partial charge on any atom is -0.366 e. The van der Waals surface area contributed by atoms with E-state index in [9.17, 15) is 14.9 Å². The van der Waals surface area contributed by atoms with Gasteiger partial charge in [0.2, 0.25) is 5.91 Å². The Morgan fingerprint density at radius 3 is 2.42 bits per heavy atom. The van der Waals surface area contributed by atoms with Crippen LogP contribution in [0.4, 0.5) is 17.2 Å². The van der Waals surface area contributed by atoms with Crippen LogP contribution in [0.15, 0.2) is 42.6 Å². The molecule has 1 saturated heterocycles. The van der Waals surface area contributed by atoms with Crippen LogP contribution in [0.1, 0.15) is 10.4 Å². The minimum absolute atomic E-state index is 0.0916. The Morgan fingerprint density at radius 2 is 1.83 bits per heavy atom. The molecule has 1 aromatic heterocycles. The van der Waals surface area contributed by atoms with Crippen LogP contribution in [0.2, 0.25) is 0 Å². The summed E-state index contributed by atoms with van der Waals surface area (Å²) >= 11 is 0. The summed E-state index contributed by atoms with van der Waals surface area (Å²) < 4.78 is 0. The van der Waals surface area contributed by atoms with Crippen molar-refractivity contribution in [3.8, 4) is 0 Å². The highest BCUT2D eigenvalue weighted by Crippen LogP contribution is 2.30. The second kappa shape index (κ2) is 6.53. The number of carbonyl (C=O) groups excluding carboxylic acids is 1. The Labute approximate surface area is 138 Å². The molecule has 0 unspecified atom stereocenters. The van der Waals surface area contributed by atoms with Crippen LogP contribution < -0.4 is 20.5 Å². The number of nitro groups is 1. The third-order valence-electron chi connectivity index (χ3n) is 4.11. The van der Waals surface area contributed by atoms with E-state index in [4.69, 9.17) is 5.73 Å². The monoisotopic (exact) mass is 328 g/mol. The summed E-state index contributed by atoms with van der Waals surface area (Å²) in [5.74, 6) is 0.352. The average molecular weight is 328 g/mol. The molecule has 1 amide bonds. The van der Waals surface area contributed by atoms with E-state index in [1.807, 2.05) is 29.3 Å². The van der Waals surface area contributed by atoms with Crippen LogP contribution in [0.25, 0.3) is 0 Å². The minimum atomic E-state index is -0.672. The molecular formula is C16H18N5O3+. The van der Waals surface area contributed by atoms with Gasteiger partial charge in [-0.3, -0.25) is 19.8 Å². The molecule has 8 heteroatoms. The fourth-order valence-electron chi connectivity index (χ4n) is 2.86. The third kappa shape index (κ3) is 3.12. The van der Waals surface area contributed by atoms with E-state index in [-0.39, 0.29) is 11.3 Å². The number of hydrogen-bond donors (Lipinski definition) is 1. The quantitative estimate of drug-likeness (QED) is 0.661. The Kier molecular flexibility index (Phi) is 4.28. The molecule has 0 atom stereocenters. The summed E-state index contributed by atoms with van der Waals surface area (Å²) in [5.41, 5.74) is 5.77. The van der Waals surface area contributed by atoms with Gasteiger partial charge in [0.15, 0.2) is 0 Å². The van der Waals surface area contributed by atoms with E-state index in [1.54, 1.807) is 6.07 Å². The molecular weight excluding hydrogens is 310 g/mol. The van der Waals surface area contributed by atoms with E-state index < -0.39 is 10.8 Å². The van der Waals surface area contributed by atoms with Gasteiger partial charge in [0.1, 0.15) is 18.8 Å². The molecule has 3 N–H and O–H groups in total. The molecule has 2 heterocycles. The predicted molar refractivity (Wildman–Crippen MR) is 89.0 cm³/mol. The highest BCUT2D eigenvalue weighted by atomic mass is 16.6. The maximum Gasteiger partial charge on any atom is 0.293 e. The molecule has 0 bridgehead atoms. The van der Waals surface area contributed by atoms with Crippen LogP contribution >= 0.6 is 0 Å². The first kappa shape index (κ1) is 15.7. The van der Waals surface area contributed by atoms with Crippen molar-refractivity contribution in [2.24, 2.45) is 5.73 Å². The van der Waals surface area contributed by atoms with Crippen molar-refractivity contribution in [3.05, 3.63) is 58.3 Å². The van der Waals surface area contributed by atoms with E-state index in [2.05, 4.69) is 9.88 Å². The van der Waals surface area contributed by atoms with E-state index in [0.717, 1.165) is 18.9 Å². The maximum absolute atomic E-state index is 11.3. The number of H-pyrrole nitrogens is 1. The van der Waals surface area contributed by atoms with Crippen molar-refractivity contribution in [1.29, 1.82) is 0 Å². The van der Waals surface area contributed by atoms with Crippen LogP contribution in [-0.2, 0) is 0 Å². The van der Waals surface area contributed by atoms with Gasteiger partial charge in [-0.15, -0.1) is 0 Å². The van der Waals surface area contributed by atoms with Crippen LogP contribution in [0.3, 0.4) is 0 Å². The number of piperazine rings is 1. The third-order valence-corrected chi connectivity index (χ3v) is 4.11. The van der Waals surface area contributed by atoms with E-state index in [0.29, 0.717) is 18.8 Å². The number of amides is 1. The number of carbonyl (C=O) groups is 1. The van der Waals surface area contributed by atoms with Crippen molar-refractivity contribution in [3.63, 3.8) is 0 Å². The summed E-state index contributed by atoms with van der Waals surface area (Å²) in [7, 11) is 0. The number of rotatable bonds is 4. The number of anilines is 2. The Hall–Kier alpha value is -3.16. The molecule has 1 aromatic carbocycles. The Bertz CT molecular complexity index is 758. The van der Waals surface area contributed by atoms with Crippen LogP contribution in [0.5, 0.6) is 0 Å².